The van der Waals surface area contributed by atoms with Gasteiger partial charge >= 0.3 is 5.97 Å². The molecule has 1 aromatic rings. The molecule has 0 saturated carbocycles. The van der Waals surface area contributed by atoms with Gasteiger partial charge in [0.15, 0.2) is 17.5 Å². The van der Waals surface area contributed by atoms with Crippen LogP contribution < -0.4 is 9.47 Å². The van der Waals surface area contributed by atoms with Gasteiger partial charge in [0.05, 0.1) is 0 Å². The molecule has 1 unspecified atom stereocenters. The summed E-state index contributed by atoms with van der Waals surface area (Å²) >= 11 is 0. The molecule has 1 amide bonds. The van der Waals surface area contributed by atoms with Crippen LogP contribution in [0, 0.1) is 0 Å². The average molecular weight is 279 g/mol. The van der Waals surface area contributed by atoms with Crippen molar-refractivity contribution in [3.8, 4) is 11.5 Å². The number of rotatable bonds is 5. The topological polar surface area (TPSA) is 76.1 Å². The maximum absolute atomic E-state index is 11.5. The second-order valence-corrected chi connectivity index (χ2v) is 4.79. The highest BCUT2D eigenvalue weighted by Crippen LogP contribution is 2.34. The van der Waals surface area contributed by atoms with Gasteiger partial charge < -0.3 is 19.5 Å². The van der Waals surface area contributed by atoms with Gasteiger partial charge in [-0.3, -0.25) is 4.79 Å². The average Bonchev–Trinajstić information content (AvgIpc) is 2.43. The van der Waals surface area contributed by atoms with E-state index >= 15 is 0 Å². The number of fused-ring (bicyclic) bond motifs is 1. The zero-order chi connectivity index (χ0) is 14.7. The summed E-state index contributed by atoms with van der Waals surface area (Å²) in [7, 11) is 0. The van der Waals surface area contributed by atoms with E-state index in [1.165, 1.54) is 4.90 Å². The predicted molar refractivity (Wildman–Crippen MR) is 70.8 cm³/mol. The molecular formula is C14H17NO5. The zero-order valence-electron chi connectivity index (χ0n) is 11.4. The molecule has 0 bridgehead atoms. The molecule has 0 radical (unpaired) electrons. The van der Waals surface area contributed by atoms with Gasteiger partial charge in [-0.1, -0.05) is 6.07 Å². The van der Waals surface area contributed by atoms with Crippen molar-refractivity contribution in [2.24, 2.45) is 0 Å². The molecule has 2 rings (SSSR count). The number of nitrogens with zero attached hydrogens (tertiary/aromatic N) is 1. The van der Waals surface area contributed by atoms with Gasteiger partial charge in [0.2, 0.25) is 6.41 Å². The molecule has 1 heterocycles. The fourth-order valence-corrected chi connectivity index (χ4v) is 2.15. The van der Waals surface area contributed by atoms with E-state index in [0.29, 0.717) is 36.7 Å². The molecule has 0 aliphatic carbocycles. The summed E-state index contributed by atoms with van der Waals surface area (Å²) in [6.45, 7) is 4.43. The lowest BCUT2D eigenvalue weighted by atomic mass is 10.0. The summed E-state index contributed by atoms with van der Waals surface area (Å²) in [5.74, 6) is 0.0171. The Balaban J connectivity index is 2.39. The van der Waals surface area contributed by atoms with Crippen LogP contribution in [0.1, 0.15) is 25.5 Å². The number of hydrogen-bond donors (Lipinski definition) is 1. The Morgan fingerprint density at radius 3 is 2.50 bits per heavy atom. The standard InChI is InChI=1S/C14H17NO5/c1-9(2)15(8-16)13(14(17)18)10-3-4-11-12(7-10)20-6-5-19-11/h3-4,7-9,13H,5-6H2,1-2H3,(H,17,18). The Kier molecular flexibility index (Phi) is 4.12. The van der Waals surface area contributed by atoms with E-state index in [4.69, 9.17) is 9.47 Å². The molecule has 0 fully saturated rings. The summed E-state index contributed by atoms with van der Waals surface area (Å²) in [6, 6.07) is 3.67. The van der Waals surface area contributed by atoms with Gasteiger partial charge in [0.25, 0.3) is 0 Å². The highest BCUT2D eigenvalue weighted by atomic mass is 16.6. The monoisotopic (exact) mass is 279 g/mol. The van der Waals surface area contributed by atoms with E-state index in [9.17, 15) is 14.7 Å². The van der Waals surface area contributed by atoms with Gasteiger partial charge in [-0.2, -0.15) is 0 Å². The molecule has 1 N–H and O–H groups in total. The van der Waals surface area contributed by atoms with E-state index in [2.05, 4.69) is 0 Å². The normalized spacial score (nSPS) is 14.8. The van der Waals surface area contributed by atoms with Crippen LogP contribution in [-0.4, -0.2) is 41.6 Å². The summed E-state index contributed by atoms with van der Waals surface area (Å²) < 4.78 is 10.8. The molecule has 0 saturated heterocycles. The van der Waals surface area contributed by atoms with Gasteiger partial charge in [-0.05, 0) is 31.5 Å². The number of benzene rings is 1. The number of carboxylic acid groups (broad SMARTS) is 1. The number of carboxylic acids is 1. The highest BCUT2D eigenvalue weighted by Gasteiger charge is 2.29. The van der Waals surface area contributed by atoms with Crippen LogP contribution in [0.25, 0.3) is 0 Å². The molecule has 0 aromatic heterocycles. The lowest BCUT2D eigenvalue weighted by Crippen LogP contribution is -2.38. The van der Waals surface area contributed by atoms with E-state index in [1.807, 2.05) is 0 Å². The summed E-state index contributed by atoms with van der Waals surface area (Å²) in [6.07, 6.45) is 0.556. The van der Waals surface area contributed by atoms with Crippen molar-refractivity contribution in [1.82, 2.24) is 4.90 Å². The Bertz CT molecular complexity index is 514. The summed E-state index contributed by atoms with van der Waals surface area (Å²) in [4.78, 5) is 23.9. The molecule has 1 atom stereocenters. The first kappa shape index (κ1) is 14.2. The van der Waals surface area contributed by atoms with Gasteiger partial charge in [0, 0.05) is 6.04 Å². The predicted octanol–water partition coefficient (Wildman–Crippen LogP) is 1.45. The first-order valence-corrected chi connectivity index (χ1v) is 6.39. The van der Waals surface area contributed by atoms with Crippen LogP contribution in [0.2, 0.25) is 0 Å². The van der Waals surface area contributed by atoms with Gasteiger partial charge in [0.1, 0.15) is 13.2 Å². The number of carbonyl (C=O) groups excluding carboxylic acids is 1. The second-order valence-electron chi connectivity index (χ2n) is 4.79. The molecule has 1 aliphatic heterocycles. The Labute approximate surface area is 116 Å². The van der Waals surface area contributed by atoms with E-state index in [-0.39, 0.29) is 6.04 Å². The number of aliphatic carboxylic acids is 1. The van der Waals surface area contributed by atoms with Crippen molar-refractivity contribution in [1.29, 1.82) is 0 Å². The minimum Gasteiger partial charge on any atom is -0.486 e. The quantitative estimate of drug-likeness (QED) is 0.826. The number of hydrogen-bond acceptors (Lipinski definition) is 4. The van der Waals surface area contributed by atoms with E-state index < -0.39 is 12.0 Å². The maximum atomic E-state index is 11.5. The fourth-order valence-electron chi connectivity index (χ4n) is 2.15. The first-order chi connectivity index (χ1) is 9.54. The summed E-state index contributed by atoms with van der Waals surface area (Å²) in [5.41, 5.74) is 0.488. The van der Waals surface area contributed by atoms with Crippen molar-refractivity contribution < 1.29 is 24.2 Å². The Hall–Kier alpha value is -2.24. The molecular weight excluding hydrogens is 262 g/mol. The molecule has 0 spiro atoms. The lowest BCUT2D eigenvalue weighted by Gasteiger charge is -2.29. The maximum Gasteiger partial charge on any atom is 0.331 e. The Morgan fingerprint density at radius 2 is 1.95 bits per heavy atom. The summed E-state index contributed by atoms with van der Waals surface area (Å²) in [5, 5.41) is 9.41. The molecule has 6 nitrogen and oxygen atoms in total. The fraction of sp³-hybridized carbons (Fsp3) is 0.429. The van der Waals surface area contributed by atoms with Crippen molar-refractivity contribution in [3.05, 3.63) is 23.8 Å². The Morgan fingerprint density at radius 1 is 1.30 bits per heavy atom. The third-order valence-corrected chi connectivity index (χ3v) is 3.13. The van der Waals surface area contributed by atoms with Gasteiger partial charge in [-0.25, -0.2) is 4.79 Å². The molecule has 1 aromatic carbocycles. The van der Waals surface area contributed by atoms with Gasteiger partial charge in [-0.15, -0.1) is 0 Å². The molecule has 6 heteroatoms. The smallest absolute Gasteiger partial charge is 0.331 e. The van der Waals surface area contributed by atoms with Crippen molar-refractivity contribution in [2.75, 3.05) is 13.2 Å². The van der Waals surface area contributed by atoms with Crippen LogP contribution in [0.3, 0.4) is 0 Å². The van der Waals surface area contributed by atoms with Crippen molar-refractivity contribution in [2.45, 2.75) is 25.9 Å². The first-order valence-electron chi connectivity index (χ1n) is 6.39. The number of ether oxygens (including phenoxy) is 2. The minimum atomic E-state index is -1.08. The van der Waals surface area contributed by atoms with Crippen LogP contribution in [0.5, 0.6) is 11.5 Å². The van der Waals surface area contributed by atoms with E-state index in [0.717, 1.165) is 0 Å². The third kappa shape index (κ3) is 2.68. The minimum absolute atomic E-state index is 0.221. The highest BCUT2D eigenvalue weighted by molar-refractivity contribution is 5.78. The van der Waals surface area contributed by atoms with Crippen LogP contribution >= 0.6 is 0 Å². The number of carbonyl (C=O) groups is 2. The van der Waals surface area contributed by atoms with E-state index in [1.54, 1.807) is 32.0 Å². The third-order valence-electron chi connectivity index (χ3n) is 3.13. The lowest BCUT2D eigenvalue weighted by molar-refractivity contribution is -0.148. The molecule has 1 aliphatic rings. The van der Waals surface area contributed by atoms with Crippen molar-refractivity contribution in [3.63, 3.8) is 0 Å². The second kappa shape index (κ2) is 5.81. The zero-order valence-corrected chi connectivity index (χ0v) is 11.4. The number of amides is 1. The SMILES string of the molecule is CC(C)N(C=O)C(C(=O)O)c1ccc2c(c1)OCCO2. The molecule has 20 heavy (non-hydrogen) atoms. The van der Waals surface area contributed by atoms with Crippen LogP contribution in [0.4, 0.5) is 0 Å². The van der Waals surface area contributed by atoms with Crippen LogP contribution in [0.15, 0.2) is 18.2 Å². The largest absolute Gasteiger partial charge is 0.486 e. The molecule has 108 valence electrons. The van der Waals surface area contributed by atoms with Crippen molar-refractivity contribution >= 4 is 12.4 Å². The van der Waals surface area contributed by atoms with Crippen LogP contribution in [-0.2, 0) is 9.59 Å².